The average Bonchev–Trinajstić information content (AvgIpc) is 2.66. The van der Waals surface area contributed by atoms with Gasteiger partial charge in [0, 0.05) is 15.6 Å². The lowest BCUT2D eigenvalue weighted by molar-refractivity contribution is -0.150. The van der Waals surface area contributed by atoms with E-state index in [0.29, 0.717) is 10.7 Å². The fourth-order valence-electron chi connectivity index (χ4n) is 2.49. The van der Waals surface area contributed by atoms with Gasteiger partial charge in [0.1, 0.15) is 0 Å². The van der Waals surface area contributed by atoms with Crippen molar-refractivity contribution in [3.8, 4) is 0 Å². The van der Waals surface area contributed by atoms with Gasteiger partial charge in [0.25, 0.3) is 5.91 Å². The Balaban J connectivity index is 1.51. The standard InChI is InChI=1S/C21H18ClNO3S/c1-14(21(25)23-18-8-4-7-17(22)12-18)26-20(24)13-27-19-10-9-15-5-2-3-6-16(15)11-19/h2-12,14H,13H2,1H3,(H,23,25)/t14-/m1/s1. The van der Waals surface area contributed by atoms with Crippen molar-refractivity contribution >= 4 is 51.7 Å². The molecule has 0 radical (unpaired) electrons. The predicted molar refractivity (Wildman–Crippen MR) is 110 cm³/mol. The lowest BCUT2D eigenvalue weighted by Gasteiger charge is -2.13. The summed E-state index contributed by atoms with van der Waals surface area (Å²) in [6.45, 7) is 1.54. The average molecular weight is 400 g/mol. The molecule has 0 heterocycles. The minimum absolute atomic E-state index is 0.132. The molecule has 0 saturated heterocycles. The molecule has 0 fully saturated rings. The lowest BCUT2D eigenvalue weighted by Crippen LogP contribution is -2.30. The van der Waals surface area contributed by atoms with Gasteiger partial charge in [-0.1, -0.05) is 48.0 Å². The molecule has 3 aromatic carbocycles. The first-order valence-corrected chi connectivity index (χ1v) is 9.75. The first-order valence-electron chi connectivity index (χ1n) is 8.39. The molecule has 0 spiro atoms. The second-order valence-electron chi connectivity index (χ2n) is 5.93. The van der Waals surface area contributed by atoms with Gasteiger partial charge in [0.2, 0.25) is 0 Å². The number of anilines is 1. The Hall–Kier alpha value is -2.50. The summed E-state index contributed by atoms with van der Waals surface area (Å²) >= 11 is 7.27. The van der Waals surface area contributed by atoms with Gasteiger partial charge in [-0.3, -0.25) is 9.59 Å². The Bertz CT molecular complexity index is 976. The molecule has 4 nitrogen and oxygen atoms in total. The minimum atomic E-state index is -0.895. The van der Waals surface area contributed by atoms with Gasteiger partial charge in [-0.2, -0.15) is 0 Å². The van der Waals surface area contributed by atoms with Gasteiger partial charge in [-0.25, -0.2) is 0 Å². The summed E-state index contributed by atoms with van der Waals surface area (Å²) in [5.74, 6) is -0.712. The van der Waals surface area contributed by atoms with Crippen LogP contribution >= 0.6 is 23.4 Å². The fraction of sp³-hybridized carbons (Fsp3) is 0.143. The molecule has 0 aromatic heterocycles. The molecule has 1 amide bonds. The maximum atomic E-state index is 12.1. The molecule has 3 rings (SSSR count). The molecule has 0 aliphatic heterocycles. The van der Waals surface area contributed by atoms with Crippen molar-refractivity contribution in [2.75, 3.05) is 11.1 Å². The molecule has 1 N–H and O–H groups in total. The van der Waals surface area contributed by atoms with Crippen LogP contribution in [-0.4, -0.2) is 23.7 Å². The van der Waals surface area contributed by atoms with E-state index < -0.39 is 18.0 Å². The molecule has 0 saturated carbocycles. The molecule has 0 bridgehead atoms. The Morgan fingerprint density at radius 2 is 1.81 bits per heavy atom. The van der Waals surface area contributed by atoms with Crippen molar-refractivity contribution in [3.05, 3.63) is 71.8 Å². The van der Waals surface area contributed by atoms with Crippen LogP contribution in [0.2, 0.25) is 5.02 Å². The van der Waals surface area contributed by atoms with E-state index in [1.54, 1.807) is 31.2 Å². The van der Waals surface area contributed by atoms with E-state index in [9.17, 15) is 9.59 Å². The van der Waals surface area contributed by atoms with Gasteiger partial charge >= 0.3 is 5.97 Å². The van der Waals surface area contributed by atoms with Crippen molar-refractivity contribution in [1.29, 1.82) is 0 Å². The number of benzene rings is 3. The van der Waals surface area contributed by atoms with E-state index in [-0.39, 0.29) is 5.75 Å². The van der Waals surface area contributed by atoms with Crippen molar-refractivity contribution in [2.24, 2.45) is 0 Å². The van der Waals surface area contributed by atoms with Crippen molar-refractivity contribution < 1.29 is 14.3 Å². The van der Waals surface area contributed by atoms with Crippen LogP contribution in [0.1, 0.15) is 6.92 Å². The highest BCUT2D eigenvalue weighted by Crippen LogP contribution is 2.24. The number of thioether (sulfide) groups is 1. The number of hydrogen-bond acceptors (Lipinski definition) is 4. The zero-order valence-corrected chi connectivity index (χ0v) is 16.2. The normalized spacial score (nSPS) is 11.8. The van der Waals surface area contributed by atoms with E-state index in [1.807, 2.05) is 42.5 Å². The molecule has 138 valence electrons. The topological polar surface area (TPSA) is 55.4 Å². The van der Waals surface area contributed by atoms with E-state index in [2.05, 4.69) is 5.32 Å². The van der Waals surface area contributed by atoms with Crippen LogP contribution in [0.15, 0.2) is 71.6 Å². The highest BCUT2D eigenvalue weighted by atomic mass is 35.5. The van der Waals surface area contributed by atoms with Crippen molar-refractivity contribution in [1.82, 2.24) is 0 Å². The predicted octanol–water partition coefficient (Wildman–Crippen LogP) is 5.16. The number of ether oxygens (including phenoxy) is 1. The number of fused-ring (bicyclic) bond motifs is 1. The molecule has 0 unspecified atom stereocenters. The zero-order chi connectivity index (χ0) is 19.2. The van der Waals surface area contributed by atoms with E-state index in [4.69, 9.17) is 16.3 Å². The van der Waals surface area contributed by atoms with Gasteiger partial charge in [-0.05, 0) is 48.0 Å². The van der Waals surface area contributed by atoms with Gasteiger partial charge in [0.05, 0.1) is 5.75 Å². The molecular formula is C21H18ClNO3S. The number of amides is 1. The Morgan fingerprint density at radius 3 is 2.59 bits per heavy atom. The van der Waals surface area contributed by atoms with Crippen molar-refractivity contribution in [3.63, 3.8) is 0 Å². The molecular weight excluding hydrogens is 382 g/mol. The van der Waals surface area contributed by atoms with E-state index in [0.717, 1.165) is 15.7 Å². The largest absolute Gasteiger partial charge is 0.452 e. The smallest absolute Gasteiger partial charge is 0.317 e. The third-order valence-electron chi connectivity index (χ3n) is 3.85. The second kappa shape index (κ2) is 8.93. The number of esters is 1. The minimum Gasteiger partial charge on any atom is -0.452 e. The summed E-state index contributed by atoms with van der Waals surface area (Å²) in [5.41, 5.74) is 0.556. The van der Waals surface area contributed by atoms with Gasteiger partial charge in [0.15, 0.2) is 6.10 Å². The number of halogens is 1. The second-order valence-corrected chi connectivity index (χ2v) is 7.41. The van der Waals surface area contributed by atoms with E-state index >= 15 is 0 Å². The summed E-state index contributed by atoms with van der Waals surface area (Å²) in [6, 6.07) is 20.8. The number of carbonyl (C=O) groups is 2. The molecule has 0 aliphatic carbocycles. The molecule has 6 heteroatoms. The molecule has 1 atom stereocenters. The summed E-state index contributed by atoms with van der Waals surface area (Å²) in [4.78, 5) is 25.2. The van der Waals surface area contributed by atoms with Crippen LogP contribution < -0.4 is 5.32 Å². The number of hydrogen-bond donors (Lipinski definition) is 1. The van der Waals surface area contributed by atoms with E-state index in [1.165, 1.54) is 11.8 Å². The summed E-state index contributed by atoms with van der Waals surface area (Å²) in [7, 11) is 0. The van der Waals surface area contributed by atoms with Crippen LogP contribution in [0.25, 0.3) is 10.8 Å². The van der Waals surface area contributed by atoms with Crippen LogP contribution in [-0.2, 0) is 14.3 Å². The maximum Gasteiger partial charge on any atom is 0.317 e. The van der Waals surface area contributed by atoms with Crippen LogP contribution in [0, 0.1) is 0 Å². The summed E-state index contributed by atoms with van der Waals surface area (Å²) in [6.07, 6.45) is -0.895. The number of rotatable bonds is 6. The molecule has 3 aromatic rings. The first kappa shape index (κ1) is 19.3. The van der Waals surface area contributed by atoms with Crippen LogP contribution in [0.4, 0.5) is 5.69 Å². The Morgan fingerprint density at radius 1 is 1.04 bits per heavy atom. The summed E-state index contributed by atoms with van der Waals surface area (Å²) in [5, 5.41) is 5.46. The van der Waals surface area contributed by atoms with Crippen LogP contribution in [0.3, 0.4) is 0 Å². The Kier molecular flexibility index (Phi) is 6.37. The maximum absolute atomic E-state index is 12.1. The fourth-order valence-corrected chi connectivity index (χ4v) is 3.41. The quantitative estimate of drug-likeness (QED) is 0.459. The third kappa shape index (κ3) is 5.49. The lowest BCUT2D eigenvalue weighted by atomic mass is 10.1. The van der Waals surface area contributed by atoms with Crippen molar-refractivity contribution in [2.45, 2.75) is 17.9 Å². The third-order valence-corrected chi connectivity index (χ3v) is 5.05. The number of carbonyl (C=O) groups excluding carboxylic acids is 2. The highest BCUT2D eigenvalue weighted by molar-refractivity contribution is 8.00. The van der Waals surface area contributed by atoms with Crippen LogP contribution in [0.5, 0.6) is 0 Å². The first-order chi connectivity index (χ1) is 13.0. The molecule has 0 aliphatic rings. The monoisotopic (exact) mass is 399 g/mol. The number of nitrogens with one attached hydrogen (secondary N) is 1. The SMILES string of the molecule is C[C@@H](OC(=O)CSc1ccc2ccccc2c1)C(=O)Nc1cccc(Cl)c1. The summed E-state index contributed by atoms with van der Waals surface area (Å²) < 4.78 is 5.22. The van der Waals surface area contributed by atoms with Gasteiger partial charge in [-0.15, -0.1) is 11.8 Å². The zero-order valence-electron chi connectivity index (χ0n) is 14.6. The van der Waals surface area contributed by atoms with Gasteiger partial charge < -0.3 is 10.1 Å². The Labute approximate surface area is 166 Å². The molecule has 27 heavy (non-hydrogen) atoms. The highest BCUT2D eigenvalue weighted by Gasteiger charge is 2.18.